The van der Waals surface area contributed by atoms with E-state index < -0.39 is 24.9 Å². The number of hydrogen-bond donors (Lipinski definition) is 4. The van der Waals surface area contributed by atoms with Crippen molar-refractivity contribution in [1.29, 1.82) is 0 Å². The van der Waals surface area contributed by atoms with E-state index >= 15 is 0 Å². The molecule has 2 aromatic rings. The maximum absolute atomic E-state index is 10.3. The van der Waals surface area contributed by atoms with E-state index in [4.69, 9.17) is 15.1 Å². The summed E-state index contributed by atoms with van der Waals surface area (Å²) in [5.74, 6) is 6.86. The summed E-state index contributed by atoms with van der Waals surface area (Å²) in [5, 5.41) is 39.1. The average molecular weight is 692 g/mol. The Bertz CT molecular complexity index is 1230. The van der Waals surface area contributed by atoms with Crippen LogP contribution in [-0.4, -0.2) is 56.8 Å². The smallest absolute Gasteiger partial charge is 0.135 e. The number of unbranched alkanes of at least 4 members (excludes halogenated alkanes) is 12. The zero-order chi connectivity index (χ0) is 33.6. The second kappa shape index (κ2) is 25.7. The van der Waals surface area contributed by atoms with Gasteiger partial charge in [-0.1, -0.05) is 109 Å². The number of aliphatic imine (C=N–C) groups is 2. The molecule has 7 heteroatoms. The SMILES string of the molecule is CCCCCCCCCC#CC(=Nc1cc(C)cc(C)c1)C(CCCCCCCC)=Nc1ccc(CC(O)C(O)C(O)CO)cc1.[Ni]. The summed E-state index contributed by atoms with van der Waals surface area (Å²) in [6.07, 6.45) is 13.7. The summed E-state index contributed by atoms with van der Waals surface area (Å²) < 4.78 is 0. The summed E-state index contributed by atoms with van der Waals surface area (Å²) in [4.78, 5) is 10.2. The minimum Gasteiger partial charge on any atom is -0.394 e. The molecule has 0 aliphatic carbocycles. The second-order valence-electron chi connectivity index (χ2n) is 12.7. The van der Waals surface area contributed by atoms with Crippen LogP contribution in [-0.2, 0) is 22.9 Å². The first-order valence-corrected chi connectivity index (χ1v) is 17.7. The van der Waals surface area contributed by atoms with Gasteiger partial charge in [0.05, 0.1) is 29.8 Å². The van der Waals surface area contributed by atoms with E-state index in [0.29, 0.717) is 0 Å². The van der Waals surface area contributed by atoms with Gasteiger partial charge in [0.25, 0.3) is 0 Å². The monoisotopic (exact) mass is 690 g/mol. The number of benzene rings is 2. The van der Waals surface area contributed by atoms with Crippen molar-refractivity contribution in [2.75, 3.05) is 6.61 Å². The minimum absolute atomic E-state index is 0. The molecule has 0 aliphatic rings. The van der Waals surface area contributed by atoms with Crippen LogP contribution in [0.3, 0.4) is 0 Å². The van der Waals surface area contributed by atoms with Crippen molar-refractivity contribution < 1.29 is 36.9 Å². The van der Waals surface area contributed by atoms with Crippen LogP contribution in [0.15, 0.2) is 52.4 Å². The van der Waals surface area contributed by atoms with Crippen LogP contribution in [0.4, 0.5) is 11.4 Å². The molecule has 2 aromatic carbocycles. The van der Waals surface area contributed by atoms with E-state index in [1.807, 2.05) is 24.3 Å². The molecule has 0 fully saturated rings. The molecule has 0 aliphatic heterocycles. The summed E-state index contributed by atoms with van der Waals surface area (Å²) in [6.45, 7) is 8.05. The van der Waals surface area contributed by atoms with E-state index in [0.717, 1.165) is 71.6 Å². The van der Waals surface area contributed by atoms with E-state index in [1.165, 1.54) is 64.2 Å². The fourth-order valence-corrected chi connectivity index (χ4v) is 5.51. The van der Waals surface area contributed by atoms with E-state index in [2.05, 4.69) is 57.7 Å². The van der Waals surface area contributed by atoms with Crippen LogP contribution in [0.1, 0.15) is 127 Å². The molecule has 0 heterocycles. The largest absolute Gasteiger partial charge is 0.394 e. The number of aryl methyl sites for hydroxylation is 2. The van der Waals surface area contributed by atoms with E-state index in [9.17, 15) is 15.3 Å². The van der Waals surface area contributed by atoms with Crippen LogP contribution in [0.25, 0.3) is 0 Å². The molecular formula is C40H60N2NiO4. The van der Waals surface area contributed by atoms with Gasteiger partial charge in [-0.3, -0.25) is 4.99 Å². The van der Waals surface area contributed by atoms with Crippen LogP contribution in [0, 0.1) is 25.7 Å². The predicted molar refractivity (Wildman–Crippen MR) is 194 cm³/mol. The van der Waals surface area contributed by atoms with Gasteiger partial charge in [-0.15, -0.1) is 0 Å². The Morgan fingerprint density at radius 3 is 1.81 bits per heavy atom. The van der Waals surface area contributed by atoms with Crippen LogP contribution >= 0.6 is 0 Å². The Morgan fingerprint density at radius 2 is 1.23 bits per heavy atom. The van der Waals surface area contributed by atoms with Crippen molar-refractivity contribution in [3.8, 4) is 11.8 Å². The normalized spacial score (nSPS) is 13.8. The van der Waals surface area contributed by atoms with Gasteiger partial charge in [-0.2, -0.15) is 0 Å². The fourth-order valence-electron chi connectivity index (χ4n) is 5.51. The first-order chi connectivity index (χ1) is 22.3. The third-order valence-corrected chi connectivity index (χ3v) is 8.22. The molecule has 0 amide bonds. The number of nitrogens with zero attached hydrogens (tertiary/aromatic N) is 2. The van der Waals surface area contributed by atoms with Crippen molar-refractivity contribution in [2.45, 2.75) is 149 Å². The first-order valence-electron chi connectivity index (χ1n) is 17.7. The van der Waals surface area contributed by atoms with Crippen molar-refractivity contribution in [1.82, 2.24) is 0 Å². The Labute approximate surface area is 295 Å². The Balaban J connectivity index is 0.0000110. The van der Waals surface area contributed by atoms with Gasteiger partial charge in [0.2, 0.25) is 0 Å². The van der Waals surface area contributed by atoms with Gasteiger partial charge >= 0.3 is 0 Å². The molecule has 0 saturated heterocycles. The predicted octanol–water partition coefficient (Wildman–Crippen LogP) is 8.66. The van der Waals surface area contributed by atoms with Gasteiger partial charge in [0.1, 0.15) is 17.9 Å². The standard InChI is InChI=1S/C40H60N2O4.Ni/c1-5-7-9-11-13-14-15-17-19-21-37(42-35-27-31(3)26-32(4)28-35)36(20-18-16-12-10-8-6-2)41-34-24-22-33(23-25-34)29-38(44)40(46)39(45)30-43;/h22-28,38-40,43-46H,5-18,20,29-30H2,1-4H3;. The molecule has 4 N–H and O–H groups in total. The molecule has 2 rings (SSSR count). The third-order valence-electron chi connectivity index (χ3n) is 8.22. The molecule has 47 heavy (non-hydrogen) atoms. The topological polar surface area (TPSA) is 106 Å². The number of aliphatic hydroxyl groups excluding tert-OH is 4. The number of rotatable bonds is 22. The fraction of sp³-hybridized carbons (Fsp3) is 0.600. The summed E-state index contributed by atoms with van der Waals surface area (Å²) in [5.41, 5.74) is 6.40. The van der Waals surface area contributed by atoms with Crippen LogP contribution in [0.2, 0.25) is 0 Å². The molecule has 6 nitrogen and oxygen atoms in total. The van der Waals surface area contributed by atoms with E-state index in [1.54, 1.807) is 0 Å². The molecule has 0 radical (unpaired) electrons. The van der Waals surface area contributed by atoms with Gasteiger partial charge in [0.15, 0.2) is 0 Å². The minimum atomic E-state index is -1.42. The zero-order valence-corrected chi connectivity index (χ0v) is 30.3. The quantitative estimate of drug-likeness (QED) is 0.0429. The maximum Gasteiger partial charge on any atom is 0.135 e. The Kier molecular flexibility index (Phi) is 23.3. The number of hydrogen-bond acceptors (Lipinski definition) is 6. The van der Waals surface area contributed by atoms with Crippen molar-refractivity contribution in [2.24, 2.45) is 9.98 Å². The molecular weight excluding hydrogens is 631 g/mol. The van der Waals surface area contributed by atoms with Crippen molar-refractivity contribution in [3.63, 3.8) is 0 Å². The van der Waals surface area contributed by atoms with Gasteiger partial charge in [-0.05, 0) is 80.0 Å². The van der Waals surface area contributed by atoms with Gasteiger partial charge in [0, 0.05) is 29.3 Å². The summed E-state index contributed by atoms with van der Waals surface area (Å²) in [6, 6.07) is 13.9. The molecule has 0 saturated carbocycles. The molecule has 3 atom stereocenters. The zero-order valence-electron chi connectivity index (χ0n) is 29.3. The Hall–Kier alpha value is -2.33. The van der Waals surface area contributed by atoms with Crippen molar-refractivity contribution in [3.05, 3.63) is 59.2 Å². The van der Waals surface area contributed by atoms with Crippen LogP contribution < -0.4 is 0 Å². The molecule has 0 spiro atoms. The Morgan fingerprint density at radius 1 is 0.681 bits per heavy atom. The number of aliphatic hydroxyl groups is 4. The maximum atomic E-state index is 10.3. The first kappa shape index (κ1) is 42.7. The van der Waals surface area contributed by atoms with Crippen molar-refractivity contribution >= 4 is 22.8 Å². The molecule has 0 bridgehead atoms. The van der Waals surface area contributed by atoms with Crippen LogP contribution in [0.5, 0.6) is 0 Å². The molecule has 264 valence electrons. The summed E-state index contributed by atoms with van der Waals surface area (Å²) >= 11 is 0. The third kappa shape index (κ3) is 18.1. The van der Waals surface area contributed by atoms with Gasteiger partial charge in [-0.25, -0.2) is 4.99 Å². The summed E-state index contributed by atoms with van der Waals surface area (Å²) in [7, 11) is 0. The average Bonchev–Trinajstić information content (AvgIpc) is 3.04. The molecule has 0 aromatic heterocycles. The van der Waals surface area contributed by atoms with Gasteiger partial charge < -0.3 is 20.4 Å². The second-order valence-corrected chi connectivity index (χ2v) is 12.7. The molecule has 3 unspecified atom stereocenters. The van der Waals surface area contributed by atoms with E-state index in [-0.39, 0.29) is 22.9 Å².